The Labute approximate surface area is 109 Å². The van der Waals surface area contributed by atoms with Crippen LogP contribution in [0.4, 0.5) is 0 Å². The van der Waals surface area contributed by atoms with E-state index in [9.17, 15) is 0 Å². The number of benzene rings is 1. The molecular formula is C12H15BrClNO. The van der Waals surface area contributed by atoms with Crippen LogP contribution in [-0.2, 0) is 11.3 Å². The van der Waals surface area contributed by atoms with E-state index in [0.717, 1.165) is 29.1 Å². The van der Waals surface area contributed by atoms with E-state index in [1.807, 2.05) is 18.2 Å². The van der Waals surface area contributed by atoms with Gasteiger partial charge in [-0.3, -0.25) is 0 Å². The van der Waals surface area contributed by atoms with Gasteiger partial charge >= 0.3 is 0 Å². The summed E-state index contributed by atoms with van der Waals surface area (Å²) in [5, 5.41) is 4.27. The maximum atomic E-state index is 5.90. The monoisotopic (exact) mass is 303 g/mol. The molecule has 1 aromatic carbocycles. The molecule has 0 radical (unpaired) electrons. The summed E-state index contributed by atoms with van der Waals surface area (Å²) in [7, 11) is 0. The Morgan fingerprint density at radius 3 is 3.00 bits per heavy atom. The van der Waals surface area contributed by atoms with E-state index in [1.54, 1.807) is 0 Å². The molecular weight excluding hydrogens is 289 g/mol. The van der Waals surface area contributed by atoms with Gasteiger partial charge in [0.05, 0.1) is 6.10 Å². The highest BCUT2D eigenvalue weighted by molar-refractivity contribution is 9.10. The van der Waals surface area contributed by atoms with Gasteiger partial charge in [0.15, 0.2) is 0 Å². The van der Waals surface area contributed by atoms with Crippen molar-refractivity contribution in [1.29, 1.82) is 0 Å². The van der Waals surface area contributed by atoms with Gasteiger partial charge < -0.3 is 10.1 Å². The molecule has 2 unspecified atom stereocenters. The minimum absolute atomic E-state index is 0.311. The minimum atomic E-state index is 0.311. The van der Waals surface area contributed by atoms with Gasteiger partial charge in [-0.2, -0.15) is 0 Å². The van der Waals surface area contributed by atoms with E-state index >= 15 is 0 Å². The number of ether oxygens (including phenoxy) is 1. The van der Waals surface area contributed by atoms with Gasteiger partial charge in [-0.05, 0) is 31.0 Å². The molecule has 1 aliphatic rings. The molecule has 2 rings (SSSR count). The predicted molar refractivity (Wildman–Crippen MR) is 69.8 cm³/mol. The second-order valence-corrected chi connectivity index (χ2v) is 5.38. The van der Waals surface area contributed by atoms with E-state index in [0.29, 0.717) is 12.1 Å². The Balaban J connectivity index is 1.94. The van der Waals surface area contributed by atoms with Gasteiger partial charge in [0.25, 0.3) is 0 Å². The lowest BCUT2D eigenvalue weighted by molar-refractivity contribution is 0.113. The van der Waals surface area contributed by atoms with E-state index in [2.05, 4.69) is 28.2 Å². The van der Waals surface area contributed by atoms with Crippen LogP contribution in [-0.4, -0.2) is 18.8 Å². The van der Waals surface area contributed by atoms with Crippen molar-refractivity contribution in [3.8, 4) is 0 Å². The Morgan fingerprint density at radius 2 is 2.38 bits per heavy atom. The Kier molecular flexibility index (Phi) is 4.25. The fraction of sp³-hybridized carbons (Fsp3) is 0.500. The van der Waals surface area contributed by atoms with E-state index in [1.165, 1.54) is 5.56 Å². The average Bonchev–Trinajstić information content (AvgIpc) is 2.63. The average molecular weight is 305 g/mol. The topological polar surface area (TPSA) is 21.3 Å². The van der Waals surface area contributed by atoms with Crippen molar-refractivity contribution < 1.29 is 4.74 Å². The van der Waals surface area contributed by atoms with Crippen molar-refractivity contribution in [3.05, 3.63) is 33.3 Å². The van der Waals surface area contributed by atoms with Gasteiger partial charge in [-0.25, -0.2) is 0 Å². The highest BCUT2D eigenvalue weighted by atomic mass is 79.9. The first-order valence-electron chi connectivity index (χ1n) is 5.46. The van der Waals surface area contributed by atoms with Gasteiger partial charge in [0.1, 0.15) is 0 Å². The zero-order valence-electron chi connectivity index (χ0n) is 9.17. The molecule has 0 bridgehead atoms. The molecule has 2 nitrogen and oxygen atoms in total. The summed E-state index contributed by atoms with van der Waals surface area (Å²) in [5.41, 5.74) is 1.23. The van der Waals surface area contributed by atoms with Crippen molar-refractivity contribution in [2.75, 3.05) is 6.61 Å². The molecule has 0 saturated carbocycles. The molecule has 16 heavy (non-hydrogen) atoms. The lowest BCUT2D eigenvalue weighted by Gasteiger charge is -2.16. The Morgan fingerprint density at radius 1 is 1.56 bits per heavy atom. The van der Waals surface area contributed by atoms with Crippen LogP contribution in [0.1, 0.15) is 18.9 Å². The lowest BCUT2D eigenvalue weighted by atomic mass is 10.1. The Bertz CT molecular complexity index is 372. The quantitative estimate of drug-likeness (QED) is 0.924. The molecule has 0 spiro atoms. The van der Waals surface area contributed by atoms with Crippen LogP contribution < -0.4 is 5.32 Å². The van der Waals surface area contributed by atoms with Gasteiger partial charge in [-0.1, -0.05) is 33.6 Å². The zero-order valence-corrected chi connectivity index (χ0v) is 11.5. The smallest absolute Gasteiger partial charge is 0.0700 e. The largest absolute Gasteiger partial charge is 0.377 e. The van der Waals surface area contributed by atoms with Gasteiger partial charge in [0, 0.05) is 28.7 Å². The zero-order chi connectivity index (χ0) is 11.5. The number of rotatable bonds is 3. The Hall–Kier alpha value is -0.0900. The second kappa shape index (κ2) is 5.50. The third-order valence-electron chi connectivity index (χ3n) is 2.95. The summed E-state index contributed by atoms with van der Waals surface area (Å²) in [6, 6.07) is 6.34. The van der Waals surface area contributed by atoms with E-state index in [-0.39, 0.29) is 0 Å². The normalized spacial score (nSPS) is 24.9. The first-order chi connectivity index (χ1) is 7.66. The fourth-order valence-corrected chi connectivity index (χ4v) is 2.73. The number of halogens is 2. The first kappa shape index (κ1) is 12.4. The number of nitrogens with one attached hydrogen (secondary N) is 1. The van der Waals surface area contributed by atoms with Crippen molar-refractivity contribution in [2.45, 2.75) is 32.0 Å². The predicted octanol–water partition coefficient (Wildman–Crippen LogP) is 3.37. The maximum Gasteiger partial charge on any atom is 0.0700 e. The molecule has 1 aromatic rings. The summed E-state index contributed by atoms with van der Waals surface area (Å²) in [6.45, 7) is 3.82. The van der Waals surface area contributed by atoms with Gasteiger partial charge in [-0.15, -0.1) is 0 Å². The van der Waals surface area contributed by atoms with Gasteiger partial charge in [0.2, 0.25) is 0 Å². The maximum absolute atomic E-state index is 5.90. The molecule has 88 valence electrons. The summed E-state index contributed by atoms with van der Waals surface area (Å²) in [4.78, 5) is 0. The van der Waals surface area contributed by atoms with Crippen molar-refractivity contribution in [1.82, 2.24) is 5.32 Å². The summed E-state index contributed by atoms with van der Waals surface area (Å²) in [5.74, 6) is 0. The summed E-state index contributed by atoms with van der Waals surface area (Å²) < 4.78 is 6.56. The van der Waals surface area contributed by atoms with Crippen LogP contribution in [0.15, 0.2) is 22.7 Å². The second-order valence-electron chi connectivity index (χ2n) is 4.09. The first-order valence-corrected chi connectivity index (χ1v) is 6.63. The molecule has 2 atom stereocenters. The molecule has 1 saturated heterocycles. The van der Waals surface area contributed by atoms with E-state index in [4.69, 9.17) is 16.3 Å². The van der Waals surface area contributed by atoms with Crippen LogP contribution in [0.3, 0.4) is 0 Å². The minimum Gasteiger partial charge on any atom is -0.377 e. The third kappa shape index (κ3) is 2.98. The highest BCUT2D eigenvalue weighted by Gasteiger charge is 2.23. The van der Waals surface area contributed by atoms with Crippen LogP contribution >= 0.6 is 27.5 Å². The number of hydrogen-bond acceptors (Lipinski definition) is 2. The number of hydrogen-bond donors (Lipinski definition) is 1. The molecule has 1 fully saturated rings. The van der Waals surface area contributed by atoms with Crippen molar-refractivity contribution >= 4 is 27.5 Å². The van der Waals surface area contributed by atoms with Crippen molar-refractivity contribution in [2.24, 2.45) is 0 Å². The SMILES string of the molecule is CC1OCCC1NCc1ccc(Cl)cc1Br. The molecule has 1 N–H and O–H groups in total. The lowest BCUT2D eigenvalue weighted by Crippen LogP contribution is -2.34. The molecule has 0 aromatic heterocycles. The van der Waals surface area contributed by atoms with E-state index < -0.39 is 0 Å². The van der Waals surface area contributed by atoms with Crippen molar-refractivity contribution in [3.63, 3.8) is 0 Å². The van der Waals surface area contributed by atoms with Crippen LogP contribution in [0.2, 0.25) is 5.02 Å². The van der Waals surface area contributed by atoms with Crippen LogP contribution in [0, 0.1) is 0 Å². The fourth-order valence-electron chi connectivity index (χ4n) is 1.91. The molecule has 4 heteroatoms. The van der Waals surface area contributed by atoms with Crippen LogP contribution in [0.25, 0.3) is 0 Å². The molecule has 1 heterocycles. The highest BCUT2D eigenvalue weighted by Crippen LogP contribution is 2.22. The molecule has 1 aliphatic heterocycles. The molecule has 0 amide bonds. The summed E-state index contributed by atoms with van der Waals surface area (Å²) in [6.07, 6.45) is 1.40. The van der Waals surface area contributed by atoms with Crippen LogP contribution in [0.5, 0.6) is 0 Å². The standard InChI is InChI=1S/C12H15BrClNO/c1-8-12(4-5-16-8)15-7-9-2-3-10(14)6-11(9)13/h2-3,6,8,12,15H,4-5,7H2,1H3. The molecule has 0 aliphatic carbocycles. The third-order valence-corrected chi connectivity index (χ3v) is 3.92. The summed E-state index contributed by atoms with van der Waals surface area (Å²) >= 11 is 9.41.